The SMILES string of the molecule is COc1ccc(/C=C/C(=O)c2ccc3c(c2)OCCO3)cc1COc1ccc2c(c1)OCO2. The van der Waals surface area contributed by atoms with Crippen LogP contribution in [0.3, 0.4) is 0 Å². The minimum absolute atomic E-state index is 0.124. The lowest BCUT2D eigenvalue weighted by atomic mass is 10.1. The Balaban J connectivity index is 1.29. The third-order valence-electron chi connectivity index (χ3n) is 5.30. The van der Waals surface area contributed by atoms with Gasteiger partial charge in [0.2, 0.25) is 6.79 Å². The van der Waals surface area contributed by atoms with Crippen LogP contribution < -0.4 is 28.4 Å². The number of hydrogen-bond donors (Lipinski definition) is 0. The van der Waals surface area contributed by atoms with Gasteiger partial charge < -0.3 is 28.4 Å². The van der Waals surface area contributed by atoms with Crippen molar-refractivity contribution in [2.24, 2.45) is 0 Å². The number of ketones is 1. The zero-order chi connectivity index (χ0) is 22.6. The highest BCUT2D eigenvalue weighted by atomic mass is 16.7. The second-order valence-electron chi connectivity index (χ2n) is 7.43. The van der Waals surface area contributed by atoms with Crippen LogP contribution in [0.2, 0.25) is 0 Å². The standard InChI is InChI=1S/C26H22O7/c1-28-22-7-3-17(2-6-21(27)18-4-8-23-25(13-18)30-11-10-29-23)12-19(22)15-31-20-5-9-24-26(14-20)33-16-32-24/h2-9,12-14H,10-11,15-16H2,1H3/b6-2+. The quantitative estimate of drug-likeness (QED) is 0.386. The molecule has 5 rings (SSSR count). The summed E-state index contributed by atoms with van der Waals surface area (Å²) in [7, 11) is 1.61. The molecule has 0 N–H and O–H groups in total. The Bertz CT molecular complexity index is 1220. The molecule has 0 aliphatic carbocycles. The van der Waals surface area contributed by atoms with Gasteiger partial charge in [-0.2, -0.15) is 0 Å². The fourth-order valence-corrected chi connectivity index (χ4v) is 3.61. The summed E-state index contributed by atoms with van der Waals surface area (Å²) in [6, 6.07) is 16.3. The van der Waals surface area contributed by atoms with Crippen LogP contribution in [0.15, 0.2) is 60.7 Å². The molecule has 2 aliphatic rings. The van der Waals surface area contributed by atoms with Crippen LogP contribution in [0, 0.1) is 0 Å². The van der Waals surface area contributed by atoms with E-state index in [1.54, 1.807) is 37.5 Å². The molecule has 0 spiro atoms. The Labute approximate surface area is 191 Å². The van der Waals surface area contributed by atoms with E-state index in [1.807, 2.05) is 30.3 Å². The van der Waals surface area contributed by atoms with Crippen LogP contribution in [0.1, 0.15) is 21.5 Å². The molecule has 0 atom stereocenters. The monoisotopic (exact) mass is 446 g/mol. The third-order valence-corrected chi connectivity index (χ3v) is 5.30. The normalized spacial score (nSPS) is 13.7. The van der Waals surface area contributed by atoms with Crippen molar-refractivity contribution in [3.8, 4) is 34.5 Å². The van der Waals surface area contributed by atoms with E-state index in [2.05, 4.69) is 0 Å². The van der Waals surface area contributed by atoms with E-state index >= 15 is 0 Å². The van der Waals surface area contributed by atoms with Gasteiger partial charge >= 0.3 is 0 Å². The predicted octanol–water partition coefficient (Wildman–Crippen LogP) is 4.67. The van der Waals surface area contributed by atoms with Crippen molar-refractivity contribution < 1.29 is 33.2 Å². The summed E-state index contributed by atoms with van der Waals surface area (Å²) < 4.78 is 33.2. The summed E-state index contributed by atoms with van der Waals surface area (Å²) in [6.45, 7) is 1.49. The first kappa shape index (κ1) is 20.8. The smallest absolute Gasteiger partial charge is 0.231 e. The van der Waals surface area contributed by atoms with Gasteiger partial charge in [0.15, 0.2) is 28.8 Å². The van der Waals surface area contributed by atoms with Crippen molar-refractivity contribution in [2.45, 2.75) is 6.61 Å². The lowest BCUT2D eigenvalue weighted by Gasteiger charge is -2.18. The van der Waals surface area contributed by atoms with E-state index in [1.165, 1.54) is 6.08 Å². The molecule has 0 fully saturated rings. The van der Waals surface area contributed by atoms with Gasteiger partial charge in [-0.1, -0.05) is 12.1 Å². The van der Waals surface area contributed by atoms with Crippen molar-refractivity contribution in [3.05, 3.63) is 77.4 Å². The summed E-state index contributed by atoms with van der Waals surface area (Å²) in [4.78, 5) is 12.7. The van der Waals surface area contributed by atoms with E-state index in [9.17, 15) is 4.79 Å². The lowest BCUT2D eigenvalue weighted by molar-refractivity contribution is 0.104. The molecule has 0 saturated heterocycles. The van der Waals surface area contributed by atoms with Gasteiger partial charge in [0.05, 0.1) is 7.11 Å². The fraction of sp³-hybridized carbons (Fsp3) is 0.192. The number of carbonyl (C=O) groups excluding carboxylic acids is 1. The van der Waals surface area contributed by atoms with Gasteiger partial charge in [-0.25, -0.2) is 0 Å². The van der Waals surface area contributed by atoms with Crippen molar-refractivity contribution in [1.29, 1.82) is 0 Å². The van der Waals surface area contributed by atoms with Gasteiger partial charge in [0.1, 0.15) is 31.3 Å². The molecule has 33 heavy (non-hydrogen) atoms. The molecule has 0 bridgehead atoms. The number of methoxy groups -OCH3 is 1. The maximum atomic E-state index is 12.7. The largest absolute Gasteiger partial charge is 0.496 e. The molecule has 2 aliphatic heterocycles. The third kappa shape index (κ3) is 4.57. The first-order valence-corrected chi connectivity index (χ1v) is 10.5. The number of ether oxygens (including phenoxy) is 6. The van der Waals surface area contributed by atoms with Crippen molar-refractivity contribution in [3.63, 3.8) is 0 Å². The Hall–Kier alpha value is -4.13. The predicted molar refractivity (Wildman–Crippen MR) is 121 cm³/mol. The van der Waals surface area contributed by atoms with Gasteiger partial charge in [-0.05, 0) is 54.1 Å². The molecule has 3 aromatic carbocycles. The average Bonchev–Trinajstić information content (AvgIpc) is 3.33. The Morgan fingerprint density at radius 1 is 0.879 bits per heavy atom. The molecule has 168 valence electrons. The highest BCUT2D eigenvalue weighted by molar-refractivity contribution is 6.07. The van der Waals surface area contributed by atoms with Gasteiger partial charge in [-0.15, -0.1) is 0 Å². The zero-order valence-electron chi connectivity index (χ0n) is 18.0. The minimum atomic E-state index is -0.124. The molecule has 7 nitrogen and oxygen atoms in total. The maximum absolute atomic E-state index is 12.7. The number of benzene rings is 3. The summed E-state index contributed by atoms with van der Waals surface area (Å²) in [5.74, 6) is 3.85. The minimum Gasteiger partial charge on any atom is -0.496 e. The molecular weight excluding hydrogens is 424 g/mol. The van der Waals surface area contributed by atoms with Crippen LogP contribution in [0.4, 0.5) is 0 Å². The summed E-state index contributed by atoms with van der Waals surface area (Å²) in [6.07, 6.45) is 3.30. The number of fused-ring (bicyclic) bond motifs is 2. The van der Waals surface area contributed by atoms with E-state index in [0.717, 1.165) is 11.1 Å². The van der Waals surface area contributed by atoms with Crippen LogP contribution >= 0.6 is 0 Å². The molecule has 0 saturated carbocycles. The fourth-order valence-electron chi connectivity index (χ4n) is 3.61. The first-order chi connectivity index (χ1) is 16.2. The molecule has 0 amide bonds. The van der Waals surface area contributed by atoms with Crippen LogP contribution in [-0.2, 0) is 6.61 Å². The highest BCUT2D eigenvalue weighted by Crippen LogP contribution is 2.35. The van der Waals surface area contributed by atoms with Crippen LogP contribution in [-0.4, -0.2) is 32.9 Å². The van der Waals surface area contributed by atoms with E-state index < -0.39 is 0 Å². The Kier molecular flexibility index (Phi) is 5.76. The zero-order valence-corrected chi connectivity index (χ0v) is 18.0. The maximum Gasteiger partial charge on any atom is 0.231 e. The topological polar surface area (TPSA) is 72.5 Å². The second kappa shape index (κ2) is 9.16. The van der Waals surface area contributed by atoms with Crippen molar-refractivity contribution >= 4 is 11.9 Å². The molecule has 0 radical (unpaired) electrons. The van der Waals surface area contributed by atoms with Crippen LogP contribution in [0.5, 0.6) is 34.5 Å². The molecule has 0 aromatic heterocycles. The summed E-state index contributed by atoms with van der Waals surface area (Å²) >= 11 is 0. The summed E-state index contributed by atoms with van der Waals surface area (Å²) in [5, 5.41) is 0. The molecule has 7 heteroatoms. The van der Waals surface area contributed by atoms with Crippen molar-refractivity contribution in [2.75, 3.05) is 27.1 Å². The van der Waals surface area contributed by atoms with Gasteiger partial charge in [-0.3, -0.25) is 4.79 Å². The number of allylic oxidation sites excluding steroid dienone is 1. The van der Waals surface area contributed by atoms with Gasteiger partial charge in [0, 0.05) is 17.2 Å². The van der Waals surface area contributed by atoms with Crippen LogP contribution in [0.25, 0.3) is 6.08 Å². The Morgan fingerprint density at radius 2 is 1.64 bits per heavy atom. The Morgan fingerprint density at radius 3 is 2.52 bits per heavy atom. The average molecular weight is 446 g/mol. The molecule has 3 aromatic rings. The summed E-state index contributed by atoms with van der Waals surface area (Å²) in [5.41, 5.74) is 2.24. The number of carbonyl (C=O) groups is 1. The van der Waals surface area contributed by atoms with Gasteiger partial charge in [0.25, 0.3) is 0 Å². The first-order valence-electron chi connectivity index (χ1n) is 10.5. The molecule has 2 heterocycles. The lowest BCUT2D eigenvalue weighted by Crippen LogP contribution is -2.15. The highest BCUT2D eigenvalue weighted by Gasteiger charge is 2.15. The van der Waals surface area contributed by atoms with Crippen molar-refractivity contribution in [1.82, 2.24) is 0 Å². The molecular formula is C26H22O7. The number of rotatable bonds is 7. The number of hydrogen-bond acceptors (Lipinski definition) is 7. The van der Waals surface area contributed by atoms with E-state index in [-0.39, 0.29) is 12.6 Å². The van der Waals surface area contributed by atoms with E-state index in [4.69, 9.17) is 28.4 Å². The molecule has 0 unspecified atom stereocenters. The second-order valence-corrected chi connectivity index (χ2v) is 7.43. The van der Waals surface area contributed by atoms with E-state index in [0.29, 0.717) is 59.9 Å².